The van der Waals surface area contributed by atoms with Crippen molar-refractivity contribution in [2.45, 2.75) is 19.9 Å². The summed E-state index contributed by atoms with van der Waals surface area (Å²) in [7, 11) is -1.24. The molecule has 1 aliphatic heterocycles. The minimum absolute atomic E-state index is 0.0404. The van der Waals surface area contributed by atoms with Crippen LogP contribution < -0.4 is 14.9 Å². The van der Waals surface area contributed by atoms with E-state index in [4.69, 9.17) is 4.42 Å². The molecular weight excluding hydrogens is 356 g/mol. The number of piperazine rings is 1. The lowest BCUT2D eigenvalue weighted by Gasteiger charge is -2.32. The number of anilines is 2. The molecule has 1 saturated heterocycles. The highest BCUT2D eigenvalue weighted by atomic mass is 32.2. The molecule has 10 heteroatoms. The first-order chi connectivity index (χ1) is 12.3. The molecule has 0 aliphatic carbocycles. The zero-order valence-corrected chi connectivity index (χ0v) is 16.2. The van der Waals surface area contributed by atoms with E-state index in [2.05, 4.69) is 36.9 Å². The first-order valence-electron chi connectivity index (χ1n) is 8.77. The van der Waals surface area contributed by atoms with Crippen LogP contribution in [-0.4, -0.2) is 74.9 Å². The van der Waals surface area contributed by atoms with Gasteiger partial charge in [0.25, 0.3) is 0 Å². The number of rotatable bonds is 7. The second-order valence-corrected chi connectivity index (χ2v) is 8.69. The fourth-order valence-corrected chi connectivity index (χ4v) is 4.05. The van der Waals surface area contributed by atoms with Gasteiger partial charge in [-0.25, -0.2) is 18.1 Å². The van der Waals surface area contributed by atoms with Crippen LogP contribution in [0, 0.1) is 0 Å². The predicted molar refractivity (Wildman–Crippen MR) is 102 cm³/mol. The largest absolute Gasteiger partial charge is 0.459 e. The molecule has 3 heterocycles. The van der Waals surface area contributed by atoms with Gasteiger partial charge >= 0.3 is 0 Å². The smallest absolute Gasteiger partial charge is 0.228 e. The van der Waals surface area contributed by atoms with Crippen LogP contribution in [0.1, 0.15) is 13.8 Å². The topological polar surface area (TPSA) is 104 Å². The van der Waals surface area contributed by atoms with Crippen molar-refractivity contribution in [3.8, 4) is 0 Å². The first-order valence-corrected chi connectivity index (χ1v) is 10.4. The van der Waals surface area contributed by atoms with Gasteiger partial charge in [0, 0.05) is 44.8 Å². The van der Waals surface area contributed by atoms with Gasteiger partial charge in [0.1, 0.15) is 5.52 Å². The molecule has 2 aromatic rings. The molecule has 3 rings (SSSR count). The quantitative estimate of drug-likeness (QED) is 0.722. The van der Waals surface area contributed by atoms with E-state index in [1.165, 1.54) is 0 Å². The zero-order valence-electron chi connectivity index (χ0n) is 15.4. The van der Waals surface area contributed by atoms with E-state index in [1.807, 2.05) is 0 Å². The van der Waals surface area contributed by atoms with E-state index in [-0.39, 0.29) is 18.3 Å². The Morgan fingerprint density at radius 3 is 2.65 bits per heavy atom. The van der Waals surface area contributed by atoms with Gasteiger partial charge in [0.15, 0.2) is 11.4 Å². The van der Waals surface area contributed by atoms with E-state index < -0.39 is 10.0 Å². The molecule has 0 bridgehead atoms. The van der Waals surface area contributed by atoms with Gasteiger partial charge in [-0.05, 0) is 20.9 Å². The molecule has 0 atom stereocenters. The van der Waals surface area contributed by atoms with Crippen LogP contribution in [0.2, 0.25) is 0 Å². The van der Waals surface area contributed by atoms with Crippen LogP contribution in [-0.2, 0) is 10.0 Å². The van der Waals surface area contributed by atoms with E-state index in [0.29, 0.717) is 22.9 Å². The fourth-order valence-electron chi connectivity index (χ4n) is 2.84. The number of fused-ring (bicyclic) bond motifs is 1. The Morgan fingerprint density at radius 1 is 1.23 bits per heavy atom. The van der Waals surface area contributed by atoms with Gasteiger partial charge in [-0.1, -0.05) is 0 Å². The Hall–Kier alpha value is -1.91. The Balaban J connectivity index is 1.74. The van der Waals surface area contributed by atoms with Gasteiger partial charge in [-0.2, -0.15) is 4.98 Å². The number of hydrogen-bond donors (Lipinski definition) is 2. The highest BCUT2D eigenvalue weighted by molar-refractivity contribution is 7.89. The third-order valence-corrected chi connectivity index (χ3v) is 5.73. The SMILES string of the molecule is CC(C)NS(=O)(=O)CCNc1nc(N2CCN(C)CC2)nc2ccoc12. The summed E-state index contributed by atoms with van der Waals surface area (Å²) in [6.45, 7) is 7.44. The monoisotopic (exact) mass is 382 g/mol. The second kappa shape index (κ2) is 7.77. The van der Waals surface area contributed by atoms with Gasteiger partial charge in [-0.15, -0.1) is 0 Å². The summed E-state index contributed by atoms with van der Waals surface area (Å²) in [5.41, 5.74) is 1.25. The summed E-state index contributed by atoms with van der Waals surface area (Å²) < 4.78 is 32.0. The molecule has 9 nitrogen and oxygen atoms in total. The van der Waals surface area contributed by atoms with E-state index >= 15 is 0 Å². The summed E-state index contributed by atoms with van der Waals surface area (Å²) >= 11 is 0. The van der Waals surface area contributed by atoms with Gasteiger partial charge in [-0.3, -0.25) is 0 Å². The van der Waals surface area contributed by atoms with Crippen molar-refractivity contribution < 1.29 is 12.8 Å². The molecule has 0 spiro atoms. The van der Waals surface area contributed by atoms with E-state index in [0.717, 1.165) is 26.2 Å². The molecule has 0 radical (unpaired) electrons. The van der Waals surface area contributed by atoms with Gasteiger partial charge in [0.2, 0.25) is 16.0 Å². The Morgan fingerprint density at radius 2 is 1.96 bits per heavy atom. The van der Waals surface area contributed by atoms with Crippen molar-refractivity contribution in [2.24, 2.45) is 0 Å². The number of nitrogens with one attached hydrogen (secondary N) is 2. The lowest BCUT2D eigenvalue weighted by atomic mass is 10.3. The molecule has 1 aliphatic rings. The number of sulfonamides is 1. The first kappa shape index (κ1) is 18.9. The maximum atomic E-state index is 12.0. The minimum Gasteiger partial charge on any atom is -0.459 e. The molecule has 0 amide bonds. The maximum Gasteiger partial charge on any atom is 0.228 e. The summed E-state index contributed by atoms with van der Waals surface area (Å²) in [6.07, 6.45) is 1.56. The van der Waals surface area contributed by atoms with Crippen LogP contribution in [0.15, 0.2) is 16.7 Å². The summed E-state index contributed by atoms with van der Waals surface area (Å²) in [5, 5.41) is 3.09. The molecule has 2 aromatic heterocycles. The lowest BCUT2D eigenvalue weighted by Crippen LogP contribution is -2.45. The zero-order chi connectivity index (χ0) is 18.7. The van der Waals surface area contributed by atoms with Crippen LogP contribution in [0.25, 0.3) is 11.1 Å². The average molecular weight is 382 g/mol. The van der Waals surface area contributed by atoms with Crippen LogP contribution in [0.5, 0.6) is 0 Å². The van der Waals surface area contributed by atoms with Crippen LogP contribution >= 0.6 is 0 Å². The van der Waals surface area contributed by atoms with Gasteiger partial charge < -0.3 is 19.5 Å². The standard InChI is InChI=1S/C16H26N6O3S/c1-12(2)20-26(23,24)11-5-17-15-14-13(4-10-25-14)18-16(19-15)22-8-6-21(3)7-9-22/h4,10,12,20H,5-9,11H2,1-3H3,(H,17,18,19). The molecule has 0 saturated carbocycles. The fraction of sp³-hybridized carbons (Fsp3) is 0.625. The predicted octanol–water partition coefficient (Wildman–Crippen LogP) is 0.714. The average Bonchev–Trinajstić information content (AvgIpc) is 3.02. The Bertz CT molecular complexity index is 843. The molecule has 2 N–H and O–H groups in total. The third-order valence-electron chi connectivity index (χ3n) is 4.16. The molecule has 26 heavy (non-hydrogen) atoms. The van der Waals surface area contributed by atoms with Crippen molar-refractivity contribution >= 4 is 32.9 Å². The van der Waals surface area contributed by atoms with Crippen molar-refractivity contribution in [1.82, 2.24) is 19.6 Å². The number of nitrogens with zero attached hydrogens (tertiary/aromatic N) is 4. The number of aromatic nitrogens is 2. The molecular formula is C16H26N6O3S. The minimum atomic E-state index is -3.33. The number of furan rings is 1. The normalized spacial score (nSPS) is 16.5. The molecule has 1 fully saturated rings. The van der Waals surface area contributed by atoms with Crippen LogP contribution in [0.4, 0.5) is 11.8 Å². The van der Waals surface area contributed by atoms with Crippen molar-refractivity contribution in [3.63, 3.8) is 0 Å². The summed E-state index contributed by atoms with van der Waals surface area (Å²) in [6, 6.07) is 1.67. The maximum absolute atomic E-state index is 12.0. The van der Waals surface area contributed by atoms with Crippen molar-refractivity contribution in [3.05, 3.63) is 12.3 Å². The summed E-state index contributed by atoms with van der Waals surface area (Å²) in [4.78, 5) is 13.5. The molecule has 144 valence electrons. The van der Waals surface area contributed by atoms with Crippen molar-refractivity contribution in [1.29, 1.82) is 0 Å². The third kappa shape index (κ3) is 4.63. The highest BCUT2D eigenvalue weighted by Gasteiger charge is 2.20. The Labute approximate surface area is 153 Å². The lowest BCUT2D eigenvalue weighted by molar-refractivity contribution is 0.311. The summed E-state index contributed by atoms with van der Waals surface area (Å²) in [5.74, 6) is 1.12. The molecule has 0 aromatic carbocycles. The Kier molecular flexibility index (Phi) is 5.64. The number of likely N-dealkylation sites (N-methyl/N-ethyl adjacent to an activating group) is 1. The van der Waals surface area contributed by atoms with Crippen LogP contribution in [0.3, 0.4) is 0 Å². The molecule has 0 unspecified atom stereocenters. The van der Waals surface area contributed by atoms with E-state index in [9.17, 15) is 8.42 Å². The second-order valence-electron chi connectivity index (χ2n) is 6.82. The van der Waals surface area contributed by atoms with Crippen molar-refractivity contribution in [2.75, 3.05) is 55.7 Å². The highest BCUT2D eigenvalue weighted by Crippen LogP contribution is 2.24. The van der Waals surface area contributed by atoms with E-state index in [1.54, 1.807) is 26.2 Å². The number of hydrogen-bond acceptors (Lipinski definition) is 8. The van der Waals surface area contributed by atoms with Gasteiger partial charge in [0.05, 0.1) is 12.0 Å².